The number of amides is 2. The number of para-hydroxylation sites is 2. The van der Waals surface area contributed by atoms with Gasteiger partial charge < -0.3 is 9.84 Å². The SMILES string of the molecule is CCCCOc1ccccc1N1C(=O)C[C@H](Sc2ccccc2C(=O)O)C1=O. The van der Waals surface area contributed by atoms with Crippen molar-refractivity contribution in [2.24, 2.45) is 0 Å². The van der Waals surface area contributed by atoms with E-state index in [1.165, 1.54) is 6.07 Å². The minimum absolute atomic E-state index is 0.0146. The van der Waals surface area contributed by atoms with E-state index in [4.69, 9.17) is 4.74 Å². The summed E-state index contributed by atoms with van der Waals surface area (Å²) in [6, 6.07) is 13.5. The number of ether oxygens (including phenoxy) is 1. The molecule has 2 amide bonds. The van der Waals surface area contributed by atoms with Crippen LogP contribution in [0, 0.1) is 0 Å². The number of thioether (sulfide) groups is 1. The van der Waals surface area contributed by atoms with Gasteiger partial charge in [0.15, 0.2) is 0 Å². The van der Waals surface area contributed by atoms with E-state index < -0.39 is 11.2 Å². The summed E-state index contributed by atoms with van der Waals surface area (Å²) in [6.07, 6.45) is 1.87. The zero-order valence-electron chi connectivity index (χ0n) is 15.5. The summed E-state index contributed by atoms with van der Waals surface area (Å²) in [5, 5.41) is 8.66. The molecule has 0 spiro atoms. The van der Waals surface area contributed by atoms with E-state index in [-0.39, 0.29) is 23.8 Å². The minimum Gasteiger partial charge on any atom is -0.491 e. The number of carbonyl (C=O) groups is 3. The van der Waals surface area contributed by atoms with Crippen LogP contribution in [0.1, 0.15) is 36.5 Å². The number of carboxylic acid groups (broad SMARTS) is 1. The van der Waals surface area contributed by atoms with Gasteiger partial charge in [0.05, 0.1) is 23.1 Å². The second-order valence-corrected chi connectivity index (χ2v) is 7.59. The summed E-state index contributed by atoms with van der Waals surface area (Å²) in [5.41, 5.74) is 0.553. The number of aromatic carboxylic acids is 1. The van der Waals surface area contributed by atoms with Crippen LogP contribution in [0.15, 0.2) is 53.4 Å². The van der Waals surface area contributed by atoms with Gasteiger partial charge in [0.1, 0.15) is 5.75 Å². The molecule has 1 aliphatic rings. The summed E-state index contributed by atoms with van der Waals surface area (Å²) >= 11 is 1.11. The van der Waals surface area contributed by atoms with E-state index in [1.54, 1.807) is 42.5 Å². The maximum atomic E-state index is 13.0. The Hall–Kier alpha value is -2.80. The fourth-order valence-corrected chi connectivity index (χ4v) is 4.12. The lowest BCUT2D eigenvalue weighted by Gasteiger charge is -2.19. The minimum atomic E-state index is -1.06. The summed E-state index contributed by atoms with van der Waals surface area (Å²) in [6.45, 7) is 2.56. The molecule has 1 heterocycles. The van der Waals surface area contributed by atoms with E-state index in [2.05, 4.69) is 6.92 Å². The number of benzene rings is 2. The van der Waals surface area contributed by atoms with Crippen molar-refractivity contribution >= 4 is 35.2 Å². The molecule has 6 nitrogen and oxygen atoms in total. The number of nitrogens with zero attached hydrogens (tertiary/aromatic N) is 1. The molecule has 0 aliphatic carbocycles. The average molecular weight is 399 g/mol. The second kappa shape index (κ2) is 8.93. The van der Waals surface area contributed by atoms with Gasteiger partial charge in [-0.25, -0.2) is 9.69 Å². The molecule has 0 radical (unpaired) electrons. The predicted molar refractivity (Wildman–Crippen MR) is 107 cm³/mol. The van der Waals surface area contributed by atoms with E-state index in [0.29, 0.717) is 22.9 Å². The molecular weight excluding hydrogens is 378 g/mol. The molecule has 1 fully saturated rings. The molecular formula is C21H21NO5S. The number of imide groups is 1. The van der Waals surface area contributed by atoms with Crippen LogP contribution in [-0.2, 0) is 9.59 Å². The van der Waals surface area contributed by atoms with Crippen LogP contribution in [0.5, 0.6) is 5.75 Å². The van der Waals surface area contributed by atoms with Gasteiger partial charge in [-0.15, -0.1) is 11.8 Å². The second-order valence-electron chi connectivity index (χ2n) is 6.35. The highest BCUT2D eigenvalue weighted by atomic mass is 32.2. The van der Waals surface area contributed by atoms with Crippen LogP contribution >= 0.6 is 11.8 Å². The lowest BCUT2D eigenvalue weighted by atomic mass is 10.2. The average Bonchev–Trinajstić information content (AvgIpc) is 2.96. The van der Waals surface area contributed by atoms with Gasteiger partial charge in [0, 0.05) is 11.3 Å². The molecule has 0 unspecified atom stereocenters. The fourth-order valence-electron chi connectivity index (χ4n) is 2.94. The van der Waals surface area contributed by atoms with Crippen molar-refractivity contribution in [2.75, 3.05) is 11.5 Å². The maximum absolute atomic E-state index is 13.0. The molecule has 1 aliphatic heterocycles. The Morgan fingerprint density at radius 1 is 1.18 bits per heavy atom. The van der Waals surface area contributed by atoms with Gasteiger partial charge in [-0.3, -0.25) is 9.59 Å². The van der Waals surface area contributed by atoms with E-state index >= 15 is 0 Å². The first-order valence-electron chi connectivity index (χ1n) is 9.10. The molecule has 3 rings (SSSR count). The Morgan fingerprint density at radius 2 is 1.89 bits per heavy atom. The van der Waals surface area contributed by atoms with Gasteiger partial charge in [-0.1, -0.05) is 37.6 Å². The highest BCUT2D eigenvalue weighted by Gasteiger charge is 2.41. The third-order valence-electron chi connectivity index (χ3n) is 4.35. The van der Waals surface area contributed by atoms with Gasteiger partial charge in [0.25, 0.3) is 0 Å². The number of anilines is 1. The van der Waals surface area contributed by atoms with Crippen molar-refractivity contribution in [1.29, 1.82) is 0 Å². The molecule has 1 atom stereocenters. The number of unbranched alkanes of at least 4 members (excludes halogenated alkanes) is 1. The highest BCUT2D eigenvalue weighted by Crippen LogP contribution is 2.38. The van der Waals surface area contributed by atoms with Gasteiger partial charge in [-0.05, 0) is 30.7 Å². The Kier molecular flexibility index (Phi) is 6.36. The fraction of sp³-hybridized carbons (Fsp3) is 0.286. The molecule has 7 heteroatoms. The lowest BCUT2D eigenvalue weighted by Crippen LogP contribution is -2.31. The van der Waals surface area contributed by atoms with E-state index in [9.17, 15) is 19.5 Å². The van der Waals surface area contributed by atoms with Crippen LogP contribution in [0.25, 0.3) is 0 Å². The van der Waals surface area contributed by atoms with Crippen molar-refractivity contribution in [1.82, 2.24) is 0 Å². The summed E-state index contributed by atoms with van der Waals surface area (Å²) in [7, 11) is 0. The Balaban J connectivity index is 1.83. The topological polar surface area (TPSA) is 83.9 Å². The molecule has 1 saturated heterocycles. The van der Waals surface area contributed by atoms with E-state index in [0.717, 1.165) is 29.5 Å². The number of carboxylic acids is 1. The quantitative estimate of drug-likeness (QED) is 0.534. The zero-order chi connectivity index (χ0) is 20.1. The molecule has 1 N–H and O–H groups in total. The first-order valence-corrected chi connectivity index (χ1v) is 9.98. The van der Waals surface area contributed by atoms with Crippen molar-refractivity contribution in [2.45, 2.75) is 36.3 Å². The predicted octanol–water partition coefficient (Wildman–Crippen LogP) is 3.99. The van der Waals surface area contributed by atoms with Gasteiger partial charge in [0.2, 0.25) is 11.8 Å². The first-order chi connectivity index (χ1) is 13.5. The maximum Gasteiger partial charge on any atom is 0.336 e. The molecule has 146 valence electrons. The molecule has 0 bridgehead atoms. The summed E-state index contributed by atoms with van der Waals surface area (Å²) in [5.74, 6) is -1.25. The van der Waals surface area contributed by atoms with Crippen molar-refractivity contribution in [3.05, 3.63) is 54.1 Å². The van der Waals surface area contributed by atoms with Crippen LogP contribution in [0.3, 0.4) is 0 Å². The van der Waals surface area contributed by atoms with Crippen LogP contribution < -0.4 is 9.64 Å². The monoisotopic (exact) mass is 399 g/mol. The van der Waals surface area contributed by atoms with Gasteiger partial charge in [-0.2, -0.15) is 0 Å². The third-order valence-corrected chi connectivity index (χ3v) is 5.62. The Labute approximate surface area is 167 Å². The molecule has 0 saturated carbocycles. The number of hydrogen-bond donors (Lipinski definition) is 1. The highest BCUT2D eigenvalue weighted by molar-refractivity contribution is 8.00. The summed E-state index contributed by atoms with van der Waals surface area (Å²) in [4.78, 5) is 38.6. The summed E-state index contributed by atoms with van der Waals surface area (Å²) < 4.78 is 5.76. The van der Waals surface area contributed by atoms with Crippen LogP contribution in [0.2, 0.25) is 0 Å². The first kappa shape index (κ1) is 19.9. The van der Waals surface area contributed by atoms with Crippen LogP contribution in [-0.4, -0.2) is 34.7 Å². The number of rotatable bonds is 8. The smallest absolute Gasteiger partial charge is 0.336 e. The van der Waals surface area contributed by atoms with Gasteiger partial charge >= 0.3 is 5.97 Å². The normalized spacial score (nSPS) is 16.5. The standard InChI is InChI=1S/C21H21NO5S/c1-2-3-12-27-16-10-6-5-9-15(16)22-19(23)13-18(20(22)24)28-17-11-7-4-8-14(17)21(25)26/h4-11,18H,2-3,12-13H2,1H3,(H,25,26)/t18-/m0/s1. The molecule has 0 aromatic heterocycles. The number of hydrogen-bond acceptors (Lipinski definition) is 5. The van der Waals surface area contributed by atoms with E-state index in [1.807, 2.05) is 0 Å². The van der Waals surface area contributed by atoms with Crippen molar-refractivity contribution in [3.8, 4) is 5.75 Å². The van der Waals surface area contributed by atoms with Crippen LogP contribution in [0.4, 0.5) is 5.69 Å². The van der Waals surface area contributed by atoms with Crippen molar-refractivity contribution < 1.29 is 24.2 Å². The zero-order valence-corrected chi connectivity index (χ0v) is 16.3. The third kappa shape index (κ3) is 4.20. The number of carbonyl (C=O) groups excluding carboxylic acids is 2. The Morgan fingerprint density at radius 3 is 2.64 bits per heavy atom. The molecule has 2 aromatic rings. The Bertz CT molecular complexity index is 898. The molecule has 2 aromatic carbocycles. The lowest BCUT2D eigenvalue weighted by molar-refractivity contribution is -0.121. The van der Waals surface area contributed by atoms with Crippen molar-refractivity contribution in [3.63, 3.8) is 0 Å². The largest absolute Gasteiger partial charge is 0.491 e. The molecule has 28 heavy (non-hydrogen) atoms.